The van der Waals surface area contributed by atoms with Crippen LogP contribution in [0.5, 0.6) is 0 Å². The van der Waals surface area contributed by atoms with Crippen molar-refractivity contribution in [3.63, 3.8) is 0 Å². The summed E-state index contributed by atoms with van der Waals surface area (Å²) in [5, 5.41) is 13.1. The Bertz CT molecular complexity index is 7180. The predicted molar refractivity (Wildman–Crippen MR) is 496 cm³/mol. The Morgan fingerprint density at radius 2 is 0.325 bits per heavy atom. The smallest absolute Gasteiger partial charge is 0.380 e. The number of aromatic nitrogens is 15. The Morgan fingerprint density at radius 1 is 0.171 bits per heavy atom. The van der Waals surface area contributed by atoms with Crippen molar-refractivity contribution < 1.29 is 0 Å². The fourth-order valence-corrected chi connectivity index (χ4v) is 20.8. The molecule has 0 bridgehead atoms. The average molecular weight is 1580 g/mol. The van der Waals surface area contributed by atoms with Gasteiger partial charge in [0.25, 0.3) is 0 Å². The Morgan fingerprint density at radius 3 is 0.488 bits per heavy atom. The second kappa shape index (κ2) is 24.9. The molecule has 0 spiro atoms. The lowest BCUT2D eigenvalue weighted by Gasteiger charge is -2.50. The molecule has 570 valence electrons. The zero-order valence-corrected chi connectivity index (χ0v) is 65.3. The summed E-state index contributed by atoms with van der Waals surface area (Å²) < 4.78 is 21.0. The zero-order valence-electron chi connectivity index (χ0n) is 65.3. The highest BCUT2D eigenvalue weighted by molar-refractivity contribution is 7.11. The molecule has 12 aromatic heterocycles. The average Bonchev–Trinajstić information content (AvgIpc) is 1.50. The second-order valence-electron chi connectivity index (χ2n) is 31.8. The molecule has 0 radical (unpaired) electrons. The third-order valence-electron chi connectivity index (χ3n) is 25.6. The molecular formula is C99H60B3N21. The van der Waals surface area contributed by atoms with Crippen molar-refractivity contribution in [1.29, 1.82) is 0 Å². The van der Waals surface area contributed by atoms with Crippen LogP contribution in [0.3, 0.4) is 0 Å². The summed E-state index contributed by atoms with van der Waals surface area (Å²) in [5.74, 6) is 6.73. The predicted octanol–water partition coefficient (Wildman–Crippen LogP) is 21.1. The number of rotatable bonds is 9. The largest absolute Gasteiger partial charge is 0.493 e. The van der Waals surface area contributed by atoms with Gasteiger partial charge in [-0.15, -0.1) is 0 Å². The molecule has 16 heterocycles. The van der Waals surface area contributed by atoms with Crippen LogP contribution in [0.4, 0.5) is 52.4 Å². The summed E-state index contributed by atoms with van der Waals surface area (Å²) >= 11 is 0. The van der Waals surface area contributed by atoms with Crippen molar-refractivity contribution >= 4 is 205 Å². The molecule has 0 aliphatic carbocycles. The van der Waals surface area contributed by atoms with Gasteiger partial charge in [-0.1, -0.05) is 218 Å². The van der Waals surface area contributed by atoms with Crippen LogP contribution < -0.4 is 28.6 Å². The van der Waals surface area contributed by atoms with E-state index < -0.39 is 21.4 Å². The number of pyridine rings is 3. The maximum atomic E-state index is 6.07. The summed E-state index contributed by atoms with van der Waals surface area (Å²) in [4.78, 5) is 60.0. The SMILES string of the molecule is c1cnc2c(c1)N1B(N3B(N4B1N(c1nc(-n5c6ccccc6c6ccccc65)cc(-n5c6ccccc6c6ccccc65)n1)c1ncccc14)N(c1nc(-n4c5ccccc5c5ccccc54)cc(-n4c5ccccc5c5ccccc54)n1)c1ncccc13)N2c1nc(-n2c3ccccc3c3ccccc32)cc(-n2c3ccccc3c3ccccc32)n1. The minimum Gasteiger partial charge on any atom is -0.380 e. The van der Waals surface area contributed by atoms with Crippen LogP contribution in [0.2, 0.25) is 0 Å². The summed E-state index contributed by atoms with van der Waals surface area (Å²) in [6, 6.07) is 122. The molecule has 0 saturated carbocycles. The van der Waals surface area contributed by atoms with Gasteiger partial charge in [-0.25, -0.2) is 15.0 Å². The molecule has 28 rings (SSSR count). The summed E-state index contributed by atoms with van der Waals surface area (Å²) in [7, 11) is -2.83. The van der Waals surface area contributed by atoms with Gasteiger partial charge in [-0.2, -0.15) is 29.9 Å². The van der Waals surface area contributed by atoms with Crippen molar-refractivity contribution in [2.24, 2.45) is 0 Å². The highest BCUT2D eigenvalue weighted by atomic mass is 15.6. The molecule has 123 heavy (non-hydrogen) atoms. The number of hydrogen-bond donors (Lipinski definition) is 0. The Balaban J connectivity index is 0.755. The van der Waals surface area contributed by atoms with Crippen LogP contribution in [0, 0.1) is 0 Å². The third-order valence-corrected chi connectivity index (χ3v) is 25.6. The molecule has 24 heteroatoms. The summed E-state index contributed by atoms with van der Waals surface area (Å²) in [6.07, 6.45) is 5.62. The molecule has 1 fully saturated rings. The first-order valence-electron chi connectivity index (χ1n) is 41.3. The van der Waals surface area contributed by atoms with Gasteiger partial charge in [0.2, 0.25) is 17.8 Å². The molecule has 0 atom stereocenters. The summed E-state index contributed by atoms with van der Waals surface area (Å²) in [5.41, 5.74) is 14.1. The number of benzene rings is 12. The fourth-order valence-electron chi connectivity index (χ4n) is 20.8. The number of fused-ring (bicyclic) bond motifs is 30. The van der Waals surface area contributed by atoms with Gasteiger partial charge in [0, 0.05) is 101 Å². The van der Waals surface area contributed by atoms with Crippen LogP contribution in [-0.2, 0) is 0 Å². The van der Waals surface area contributed by atoms with Crippen LogP contribution in [0.25, 0.3) is 166 Å². The van der Waals surface area contributed by atoms with E-state index in [0.717, 1.165) is 148 Å². The highest BCUT2D eigenvalue weighted by Gasteiger charge is 2.72. The maximum absolute atomic E-state index is 6.07. The molecule has 21 nitrogen and oxygen atoms in total. The van der Waals surface area contributed by atoms with E-state index in [-0.39, 0.29) is 0 Å². The van der Waals surface area contributed by atoms with Gasteiger partial charge in [0.05, 0.1) is 83.3 Å². The van der Waals surface area contributed by atoms with E-state index in [9.17, 15) is 0 Å². The second-order valence-corrected chi connectivity index (χ2v) is 31.8. The van der Waals surface area contributed by atoms with E-state index in [0.29, 0.717) is 70.2 Å². The summed E-state index contributed by atoms with van der Waals surface area (Å²) in [6.45, 7) is 0. The monoisotopic (exact) mass is 1580 g/mol. The molecule has 4 aliphatic heterocycles. The Kier molecular flexibility index (Phi) is 13.4. The molecule has 12 aromatic carbocycles. The van der Waals surface area contributed by atoms with Gasteiger partial charge in [0.1, 0.15) is 52.4 Å². The minimum atomic E-state index is -0.944. The normalized spacial score (nSPS) is 13.7. The van der Waals surface area contributed by atoms with E-state index in [4.69, 9.17) is 44.9 Å². The Labute approximate surface area is 700 Å². The van der Waals surface area contributed by atoms with Crippen molar-refractivity contribution in [2.75, 3.05) is 28.6 Å². The topological polar surface area (TPSA) is 165 Å². The van der Waals surface area contributed by atoms with Crippen molar-refractivity contribution in [1.82, 2.24) is 72.3 Å². The van der Waals surface area contributed by atoms with Gasteiger partial charge < -0.3 is 14.2 Å². The van der Waals surface area contributed by atoms with E-state index in [2.05, 4.69) is 384 Å². The lowest BCUT2D eigenvalue weighted by atomic mass is 9.56. The quantitative estimate of drug-likeness (QED) is 0.125. The molecule has 24 aromatic rings. The zero-order chi connectivity index (χ0) is 80.0. The van der Waals surface area contributed by atoms with Gasteiger partial charge >= 0.3 is 21.4 Å². The van der Waals surface area contributed by atoms with Crippen LogP contribution >= 0.6 is 0 Å². The molecule has 0 amide bonds. The first-order valence-corrected chi connectivity index (χ1v) is 41.3. The number of nitrogens with zero attached hydrogens (tertiary/aromatic N) is 21. The molecule has 0 N–H and O–H groups in total. The first-order chi connectivity index (χ1) is 61.1. The van der Waals surface area contributed by atoms with Gasteiger partial charge in [-0.05, 0) is 109 Å². The molecule has 0 unspecified atom stereocenters. The lowest BCUT2D eigenvalue weighted by molar-refractivity contribution is 0.969. The van der Waals surface area contributed by atoms with Gasteiger partial charge in [0.15, 0.2) is 0 Å². The molecular weight excluding hydrogens is 1520 g/mol. The van der Waals surface area contributed by atoms with E-state index >= 15 is 0 Å². The van der Waals surface area contributed by atoms with Crippen LogP contribution in [0.1, 0.15) is 0 Å². The maximum Gasteiger partial charge on any atom is 0.493 e. The van der Waals surface area contributed by atoms with E-state index in [1.165, 1.54) is 0 Å². The third kappa shape index (κ3) is 9.02. The van der Waals surface area contributed by atoms with Crippen LogP contribution in [0.15, 0.2) is 364 Å². The van der Waals surface area contributed by atoms with E-state index in [1.54, 1.807) is 0 Å². The van der Waals surface area contributed by atoms with Crippen molar-refractivity contribution in [3.8, 4) is 34.9 Å². The minimum absolute atomic E-state index is 0.367. The molecule has 1 saturated heterocycles. The first kappa shape index (κ1) is 66.2. The lowest BCUT2D eigenvalue weighted by Crippen LogP contribution is -2.84. The highest BCUT2D eigenvalue weighted by Crippen LogP contribution is 2.57. The number of hydrogen-bond acceptors (Lipinski definition) is 15. The van der Waals surface area contributed by atoms with Gasteiger partial charge in [-0.3, -0.25) is 41.8 Å². The number of anilines is 9. The van der Waals surface area contributed by atoms with E-state index in [1.807, 2.05) is 36.8 Å². The number of para-hydroxylation sites is 12. The standard InChI is InChI=1S/C99H60B3N21/c1-13-40-73-61(28-1)62-29-2-14-41-74(62)112(73)88-58-89(113-75-42-15-3-30-63(75)64-31-4-16-43-76(64)113)107-97(106-88)118-94-85(52-25-55-103-94)121-100(118)122-86-53-26-56-104-95(86)119(98-108-90(114-77-44-17-5-32-65(77)66-33-6-18-45-78(66)114)59-91(109-98)115-79-46-19-7-34-67(79)68-35-8-20-47-80(68)115)102(122)123-87-54-27-57-105-96(87)120(101(121)123)99-110-92(116-81-48-21-9-36-69(81)70-37-10-22-49-82(70)116)60-93(111-99)117-83-50-23-11-38-71(83)72-39-12-24-51-84(72)117/h1-60H. The Hall–Kier alpha value is -16.9. The van der Waals surface area contributed by atoms with Crippen molar-refractivity contribution in [3.05, 3.63) is 364 Å². The van der Waals surface area contributed by atoms with Crippen LogP contribution in [-0.4, -0.2) is 93.6 Å². The molecule has 4 aliphatic rings. The fraction of sp³-hybridized carbons (Fsp3) is 0. The van der Waals surface area contributed by atoms with Crippen molar-refractivity contribution in [2.45, 2.75) is 0 Å².